The largest absolute Gasteiger partial charge is 0.378 e. The number of quaternary nitrogens is 2. The Bertz CT molecular complexity index is 1020. The van der Waals surface area contributed by atoms with E-state index in [1.54, 1.807) is 9.80 Å². The molecule has 1 atom stereocenters. The lowest BCUT2D eigenvalue weighted by Gasteiger charge is -2.33. The molecule has 1 aliphatic heterocycles. The highest BCUT2D eigenvalue weighted by molar-refractivity contribution is 6.07. The quantitative estimate of drug-likeness (QED) is 0.554. The van der Waals surface area contributed by atoms with Gasteiger partial charge in [0.25, 0.3) is 5.91 Å². The average molecular weight is 419 g/mol. The Morgan fingerprint density at radius 1 is 0.935 bits per heavy atom. The zero-order valence-corrected chi connectivity index (χ0v) is 18.8. The van der Waals surface area contributed by atoms with Gasteiger partial charge in [0.15, 0.2) is 0 Å². The molecule has 0 bridgehead atoms. The maximum Gasteiger partial charge on any atom is 0.252 e. The highest BCUT2D eigenvalue weighted by Crippen LogP contribution is 2.19. The molecule has 1 heterocycles. The molecule has 0 unspecified atom stereocenters. The van der Waals surface area contributed by atoms with Gasteiger partial charge in [-0.15, -0.1) is 0 Å². The van der Waals surface area contributed by atoms with Crippen LogP contribution in [0.25, 0.3) is 10.8 Å². The van der Waals surface area contributed by atoms with Gasteiger partial charge in [-0.2, -0.15) is 0 Å². The van der Waals surface area contributed by atoms with Gasteiger partial charge >= 0.3 is 0 Å². The third-order valence-corrected chi connectivity index (χ3v) is 6.55. The lowest BCUT2D eigenvalue weighted by atomic mass is 10.0. The topological polar surface area (TPSA) is 41.2 Å². The molecule has 4 rings (SSSR count). The van der Waals surface area contributed by atoms with Crippen molar-refractivity contribution in [1.82, 2.24) is 5.32 Å². The van der Waals surface area contributed by atoms with Gasteiger partial charge in [-0.25, -0.2) is 0 Å². The van der Waals surface area contributed by atoms with Crippen LogP contribution in [0.15, 0.2) is 66.7 Å². The van der Waals surface area contributed by atoms with Crippen molar-refractivity contribution in [3.8, 4) is 0 Å². The van der Waals surface area contributed by atoms with Gasteiger partial charge in [-0.05, 0) is 29.0 Å². The first-order valence-electron chi connectivity index (χ1n) is 11.2. The average Bonchev–Trinajstić information content (AvgIpc) is 2.80. The number of carbonyl (C=O) groups is 1. The van der Waals surface area contributed by atoms with Crippen LogP contribution in [0.4, 0.5) is 5.69 Å². The minimum absolute atomic E-state index is 0.00543. The second-order valence-corrected chi connectivity index (χ2v) is 8.89. The summed E-state index contributed by atoms with van der Waals surface area (Å²) < 4.78 is 0. The van der Waals surface area contributed by atoms with E-state index in [1.165, 1.54) is 24.3 Å². The molecule has 3 aromatic carbocycles. The number of nitrogens with zero attached hydrogens (tertiary/aromatic N) is 1. The van der Waals surface area contributed by atoms with Crippen molar-refractivity contribution in [2.45, 2.75) is 6.04 Å². The van der Waals surface area contributed by atoms with Crippen LogP contribution in [0.3, 0.4) is 0 Å². The number of benzene rings is 3. The molecule has 1 fully saturated rings. The molecular weight excluding hydrogens is 384 g/mol. The van der Waals surface area contributed by atoms with Crippen molar-refractivity contribution in [3.63, 3.8) is 0 Å². The molecule has 5 nitrogen and oxygen atoms in total. The van der Waals surface area contributed by atoms with E-state index >= 15 is 0 Å². The highest BCUT2D eigenvalue weighted by Gasteiger charge is 2.30. The number of hydrogen-bond donors (Lipinski definition) is 3. The summed E-state index contributed by atoms with van der Waals surface area (Å²) in [5.74, 6) is 0.00543. The SMILES string of the molecule is CN(C)c1ccc([C@@H](CNC(=O)c2cccc3ccccc23)[NH+]2CC[NH+](C)CC2)cc1. The zero-order valence-electron chi connectivity index (χ0n) is 18.8. The normalized spacial score (nSPS) is 19.7. The maximum absolute atomic E-state index is 13.1. The minimum Gasteiger partial charge on any atom is -0.378 e. The van der Waals surface area contributed by atoms with Crippen LogP contribution in [0.2, 0.25) is 0 Å². The van der Waals surface area contributed by atoms with Crippen LogP contribution >= 0.6 is 0 Å². The number of rotatable bonds is 6. The molecular formula is C26H34N4O+2. The van der Waals surface area contributed by atoms with Gasteiger partial charge in [0.05, 0.1) is 13.6 Å². The Kier molecular flexibility index (Phi) is 6.54. The van der Waals surface area contributed by atoms with E-state index in [9.17, 15) is 4.79 Å². The predicted octanol–water partition coefficient (Wildman–Crippen LogP) is 0.790. The van der Waals surface area contributed by atoms with Crippen molar-refractivity contribution in [3.05, 3.63) is 77.9 Å². The Hall–Kier alpha value is -2.89. The summed E-state index contributed by atoms with van der Waals surface area (Å²) in [6, 6.07) is 23.1. The molecule has 3 aromatic rings. The van der Waals surface area contributed by atoms with E-state index in [0.29, 0.717) is 6.54 Å². The molecule has 0 aliphatic carbocycles. The summed E-state index contributed by atoms with van der Waals surface area (Å²) >= 11 is 0. The Labute approximate surface area is 185 Å². The fourth-order valence-electron chi connectivity index (χ4n) is 4.56. The van der Waals surface area contributed by atoms with Crippen LogP contribution in [0, 0.1) is 0 Å². The summed E-state index contributed by atoms with van der Waals surface area (Å²) in [7, 11) is 6.39. The monoisotopic (exact) mass is 418 g/mol. The van der Waals surface area contributed by atoms with E-state index in [0.717, 1.165) is 29.4 Å². The third kappa shape index (κ3) is 4.89. The van der Waals surface area contributed by atoms with E-state index < -0.39 is 0 Å². The Morgan fingerprint density at radius 2 is 1.61 bits per heavy atom. The van der Waals surface area contributed by atoms with Gasteiger partial charge in [-0.3, -0.25) is 4.79 Å². The van der Waals surface area contributed by atoms with Gasteiger partial charge < -0.3 is 20.0 Å². The van der Waals surface area contributed by atoms with Gasteiger partial charge in [0.2, 0.25) is 0 Å². The van der Waals surface area contributed by atoms with E-state index in [-0.39, 0.29) is 11.9 Å². The third-order valence-electron chi connectivity index (χ3n) is 6.55. The van der Waals surface area contributed by atoms with Crippen LogP contribution in [-0.2, 0) is 0 Å². The van der Waals surface area contributed by atoms with Crippen molar-refractivity contribution in [2.24, 2.45) is 0 Å². The summed E-state index contributed by atoms with van der Waals surface area (Å²) in [5, 5.41) is 5.36. The summed E-state index contributed by atoms with van der Waals surface area (Å²) in [6.45, 7) is 5.21. The Balaban J connectivity index is 1.54. The zero-order chi connectivity index (χ0) is 21.8. The maximum atomic E-state index is 13.1. The number of amides is 1. The van der Waals surface area contributed by atoms with Crippen molar-refractivity contribution < 1.29 is 14.6 Å². The predicted molar refractivity (Wildman–Crippen MR) is 127 cm³/mol. The molecule has 1 aliphatic rings. The summed E-state index contributed by atoms with van der Waals surface area (Å²) in [5.41, 5.74) is 3.23. The van der Waals surface area contributed by atoms with Gasteiger partial charge in [0, 0.05) is 30.9 Å². The molecule has 0 saturated carbocycles. The number of likely N-dealkylation sites (N-methyl/N-ethyl adjacent to an activating group) is 1. The molecule has 0 spiro atoms. The second kappa shape index (κ2) is 9.50. The van der Waals surface area contributed by atoms with Crippen molar-refractivity contribution >= 4 is 22.4 Å². The number of carbonyl (C=O) groups excluding carboxylic acids is 1. The van der Waals surface area contributed by atoms with Crippen LogP contribution in [0.1, 0.15) is 22.0 Å². The fourth-order valence-corrected chi connectivity index (χ4v) is 4.56. The highest BCUT2D eigenvalue weighted by atomic mass is 16.1. The lowest BCUT2D eigenvalue weighted by Crippen LogP contribution is -3.27. The first kappa shape index (κ1) is 21.3. The minimum atomic E-state index is 0.00543. The summed E-state index contributed by atoms with van der Waals surface area (Å²) in [6.07, 6.45) is 0. The molecule has 162 valence electrons. The summed E-state index contributed by atoms with van der Waals surface area (Å²) in [4.78, 5) is 18.4. The molecule has 0 aromatic heterocycles. The standard InChI is InChI=1S/C26H32N4O/c1-28(2)22-13-11-21(12-14-22)25(30-17-15-29(3)16-18-30)19-27-26(31)24-10-6-8-20-7-4-5-9-23(20)24/h4-14,25H,15-19H2,1-3H3,(H,27,31)/p+2/t25-/m1/s1. The molecule has 0 radical (unpaired) electrons. The molecule has 5 heteroatoms. The molecule has 31 heavy (non-hydrogen) atoms. The van der Waals surface area contributed by atoms with E-state index in [2.05, 4.69) is 67.8 Å². The number of nitrogens with one attached hydrogen (secondary N) is 3. The fraction of sp³-hybridized carbons (Fsp3) is 0.346. The molecule has 1 amide bonds. The van der Waals surface area contributed by atoms with E-state index in [1.807, 2.05) is 30.3 Å². The first-order chi connectivity index (χ1) is 15.0. The number of fused-ring (bicyclic) bond motifs is 1. The Morgan fingerprint density at radius 3 is 2.32 bits per heavy atom. The van der Waals surface area contributed by atoms with Crippen molar-refractivity contribution in [1.29, 1.82) is 0 Å². The second-order valence-electron chi connectivity index (χ2n) is 8.89. The van der Waals surface area contributed by atoms with Crippen molar-refractivity contribution in [2.75, 3.05) is 58.8 Å². The smallest absolute Gasteiger partial charge is 0.252 e. The van der Waals surface area contributed by atoms with Gasteiger partial charge in [0.1, 0.15) is 32.2 Å². The molecule has 3 N–H and O–H groups in total. The number of anilines is 1. The van der Waals surface area contributed by atoms with Gasteiger partial charge in [-0.1, -0.05) is 48.5 Å². The van der Waals surface area contributed by atoms with Crippen LogP contribution < -0.4 is 20.0 Å². The van der Waals surface area contributed by atoms with Crippen LogP contribution in [-0.4, -0.2) is 59.8 Å². The first-order valence-corrected chi connectivity index (χ1v) is 11.2. The van der Waals surface area contributed by atoms with Crippen LogP contribution in [0.5, 0.6) is 0 Å². The van der Waals surface area contributed by atoms with E-state index in [4.69, 9.17) is 0 Å². The number of piperazine rings is 1. The lowest BCUT2D eigenvalue weighted by molar-refractivity contribution is -1.02. The number of hydrogen-bond acceptors (Lipinski definition) is 2. The molecule has 1 saturated heterocycles.